The third-order valence-electron chi connectivity index (χ3n) is 4.47. The van der Waals surface area contributed by atoms with Crippen molar-refractivity contribution in [3.8, 4) is 5.75 Å². The van der Waals surface area contributed by atoms with Crippen molar-refractivity contribution in [2.45, 2.75) is 52.2 Å². The number of benzene rings is 2. The predicted molar refractivity (Wildman–Crippen MR) is 134 cm³/mol. The van der Waals surface area contributed by atoms with Crippen LogP contribution in [0.1, 0.15) is 39.7 Å². The molecule has 0 unspecified atom stereocenters. The van der Waals surface area contributed by atoms with Crippen LogP contribution in [0.4, 0.5) is 0 Å². The number of nitrogens with zero attached hydrogens (tertiary/aromatic N) is 1. The van der Waals surface area contributed by atoms with Gasteiger partial charge in [0.1, 0.15) is 11.8 Å². The minimum absolute atomic E-state index is 0.170. The van der Waals surface area contributed by atoms with E-state index in [4.69, 9.17) is 39.5 Å². The molecule has 5 nitrogen and oxygen atoms in total. The van der Waals surface area contributed by atoms with Gasteiger partial charge >= 0.3 is 0 Å². The normalized spacial score (nSPS) is 12.2. The summed E-state index contributed by atoms with van der Waals surface area (Å²) in [5.74, 6) is -0.217. The number of halogens is 4. The molecule has 2 rings (SSSR count). The summed E-state index contributed by atoms with van der Waals surface area (Å²) in [6, 6.07) is 9.55. The molecule has 2 amide bonds. The van der Waals surface area contributed by atoms with Crippen molar-refractivity contribution in [2.75, 3.05) is 6.61 Å². The van der Waals surface area contributed by atoms with Crippen LogP contribution in [0.3, 0.4) is 0 Å². The SMILES string of the molecule is CC[C@H](C(=O)NC(C)(C)C)N(Cc1ccc(Cl)c(Cl)c1)C(=O)COc1ccc(Br)cc1Cl. The summed E-state index contributed by atoms with van der Waals surface area (Å²) < 4.78 is 6.47. The van der Waals surface area contributed by atoms with Crippen molar-refractivity contribution in [3.63, 3.8) is 0 Å². The highest BCUT2D eigenvalue weighted by Gasteiger charge is 2.31. The number of nitrogens with one attached hydrogen (secondary N) is 1. The molecule has 1 atom stereocenters. The molecule has 1 N–H and O–H groups in total. The predicted octanol–water partition coefficient (Wildman–Crippen LogP) is 6.51. The second kappa shape index (κ2) is 11.6. The van der Waals surface area contributed by atoms with E-state index in [1.807, 2.05) is 27.7 Å². The highest BCUT2D eigenvalue weighted by Crippen LogP contribution is 2.28. The van der Waals surface area contributed by atoms with Crippen molar-refractivity contribution in [1.29, 1.82) is 0 Å². The average Bonchev–Trinajstić information content (AvgIpc) is 2.68. The van der Waals surface area contributed by atoms with Crippen LogP contribution < -0.4 is 10.1 Å². The van der Waals surface area contributed by atoms with Crippen LogP contribution in [-0.2, 0) is 16.1 Å². The molecular weight excluding hydrogens is 539 g/mol. The summed E-state index contributed by atoms with van der Waals surface area (Å²) in [6.45, 7) is 7.42. The molecule has 0 saturated heterocycles. The summed E-state index contributed by atoms with van der Waals surface area (Å²) in [6.07, 6.45) is 0.425. The van der Waals surface area contributed by atoms with Gasteiger partial charge in [-0.15, -0.1) is 0 Å². The van der Waals surface area contributed by atoms with Gasteiger partial charge in [-0.05, 0) is 63.1 Å². The first-order chi connectivity index (χ1) is 14.9. The fourth-order valence-corrected chi connectivity index (χ4v) is 4.07. The van der Waals surface area contributed by atoms with E-state index in [0.29, 0.717) is 27.2 Å². The Bertz CT molecular complexity index is 979. The van der Waals surface area contributed by atoms with E-state index < -0.39 is 11.6 Å². The first kappa shape index (κ1) is 26.8. The van der Waals surface area contributed by atoms with E-state index in [1.54, 1.807) is 36.4 Å². The van der Waals surface area contributed by atoms with Gasteiger partial charge in [-0.1, -0.05) is 63.7 Å². The van der Waals surface area contributed by atoms with E-state index in [2.05, 4.69) is 21.2 Å². The monoisotopic (exact) mass is 562 g/mol. The quantitative estimate of drug-likeness (QED) is 0.398. The summed E-state index contributed by atoms with van der Waals surface area (Å²) in [4.78, 5) is 27.7. The summed E-state index contributed by atoms with van der Waals surface area (Å²) in [5.41, 5.74) is 0.306. The molecule has 0 fully saturated rings. The Hall–Kier alpha value is -1.47. The summed E-state index contributed by atoms with van der Waals surface area (Å²) in [7, 11) is 0. The van der Waals surface area contributed by atoms with Gasteiger partial charge in [0, 0.05) is 16.6 Å². The molecule has 0 saturated carbocycles. The van der Waals surface area contributed by atoms with Crippen LogP contribution in [0, 0.1) is 0 Å². The van der Waals surface area contributed by atoms with Crippen molar-refractivity contribution in [3.05, 3.63) is 61.5 Å². The maximum atomic E-state index is 13.2. The lowest BCUT2D eigenvalue weighted by molar-refractivity contribution is -0.143. The van der Waals surface area contributed by atoms with E-state index in [-0.39, 0.29) is 25.0 Å². The maximum Gasteiger partial charge on any atom is 0.261 e. The Morgan fingerprint density at radius 1 is 1.06 bits per heavy atom. The second-order valence-corrected chi connectivity index (χ2v) is 10.4. The van der Waals surface area contributed by atoms with Crippen LogP contribution >= 0.6 is 50.7 Å². The minimum atomic E-state index is -0.694. The van der Waals surface area contributed by atoms with Crippen LogP contribution in [0.25, 0.3) is 0 Å². The third-order valence-corrected chi connectivity index (χ3v) is 5.99. The number of amides is 2. The highest BCUT2D eigenvalue weighted by molar-refractivity contribution is 9.10. The van der Waals surface area contributed by atoms with Gasteiger partial charge in [-0.2, -0.15) is 0 Å². The molecule has 0 aliphatic heterocycles. The van der Waals surface area contributed by atoms with Gasteiger partial charge in [0.2, 0.25) is 5.91 Å². The standard InChI is InChI=1S/C23H26BrCl3N2O3/c1-5-19(22(31)28-23(2,3)4)29(12-14-6-8-16(25)17(26)10-14)21(30)13-32-20-9-7-15(24)11-18(20)27/h6-11,19H,5,12-13H2,1-4H3,(H,28,31)/t19-/m1/s1. The van der Waals surface area contributed by atoms with E-state index in [1.165, 1.54) is 4.90 Å². The molecule has 2 aromatic carbocycles. The molecule has 0 aliphatic carbocycles. The highest BCUT2D eigenvalue weighted by atomic mass is 79.9. The molecule has 0 aromatic heterocycles. The largest absolute Gasteiger partial charge is 0.482 e. The first-order valence-corrected chi connectivity index (χ1v) is 12.0. The van der Waals surface area contributed by atoms with Crippen molar-refractivity contribution >= 4 is 62.5 Å². The van der Waals surface area contributed by atoms with Gasteiger partial charge in [0.25, 0.3) is 5.91 Å². The number of hydrogen-bond acceptors (Lipinski definition) is 3. The Morgan fingerprint density at radius 3 is 2.31 bits per heavy atom. The molecule has 0 heterocycles. The van der Waals surface area contributed by atoms with Gasteiger partial charge in [0.15, 0.2) is 6.61 Å². The molecule has 9 heteroatoms. The molecule has 174 valence electrons. The minimum Gasteiger partial charge on any atom is -0.482 e. The van der Waals surface area contributed by atoms with E-state index in [0.717, 1.165) is 10.0 Å². The number of carbonyl (C=O) groups is 2. The maximum absolute atomic E-state index is 13.2. The Kier molecular flexibility index (Phi) is 9.70. The summed E-state index contributed by atoms with van der Waals surface area (Å²) >= 11 is 21.7. The Balaban J connectivity index is 2.29. The van der Waals surface area contributed by atoms with Gasteiger partial charge in [-0.25, -0.2) is 0 Å². The lowest BCUT2D eigenvalue weighted by Gasteiger charge is -2.33. The lowest BCUT2D eigenvalue weighted by atomic mass is 10.1. The van der Waals surface area contributed by atoms with Crippen LogP contribution in [-0.4, -0.2) is 34.9 Å². The van der Waals surface area contributed by atoms with Crippen LogP contribution in [0.15, 0.2) is 40.9 Å². The zero-order valence-corrected chi connectivity index (χ0v) is 22.2. The number of rotatable bonds is 8. The van der Waals surface area contributed by atoms with Crippen molar-refractivity contribution in [2.24, 2.45) is 0 Å². The molecule has 0 aliphatic rings. The van der Waals surface area contributed by atoms with Crippen molar-refractivity contribution < 1.29 is 14.3 Å². The molecule has 0 spiro atoms. The van der Waals surface area contributed by atoms with Gasteiger partial charge in [-0.3, -0.25) is 9.59 Å². The topological polar surface area (TPSA) is 58.6 Å². The van der Waals surface area contributed by atoms with Gasteiger partial charge < -0.3 is 15.0 Å². The fourth-order valence-electron chi connectivity index (χ4n) is 3.02. The van der Waals surface area contributed by atoms with Crippen LogP contribution in [0.5, 0.6) is 5.75 Å². The molecular formula is C23H26BrCl3N2O3. The Labute approximate surface area is 212 Å². The zero-order chi connectivity index (χ0) is 24.1. The zero-order valence-electron chi connectivity index (χ0n) is 18.3. The number of ether oxygens (including phenoxy) is 1. The van der Waals surface area contributed by atoms with Crippen LogP contribution in [0.2, 0.25) is 15.1 Å². The molecule has 2 aromatic rings. The number of hydrogen-bond donors (Lipinski definition) is 1. The second-order valence-electron chi connectivity index (χ2n) is 8.30. The first-order valence-electron chi connectivity index (χ1n) is 10.0. The Morgan fingerprint density at radius 2 is 1.75 bits per heavy atom. The van der Waals surface area contributed by atoms with Gasteiger partial charge in [0.05, 0.1) is 15.1 Å². The summed E-state index contributed by atoms with van der Waals surface area (Å²) in [5, 5.41) is 4.12. The van der Waals surface area contributed by atoms with E-state index in [9.17, 15) is 9.59 Å². The average molecular weight is 565 g/mol. The third kappa shape index (κ3) is 7.84. The lowest BCUT2D eigenvalue weighted by Crippen LogP contribution is -2.54. The molecule has 32 heavy (non-hydrogen) atoms. The molecule has 0 bridgehead atoms. The van der Waals surface area contributed by atoms with E-state index >= 15 is 0 Å². The number of carbonyl (C=O) groups excluding carboxylic acids is 2. The smallest absolute Gasteiger partial charge is 0.261 e. The van der Waals surface area contributed by atoms with Crippen molar-refractivity contribution in [1.82, 2.24) is 10.2 Å². The molecule has 0 radical (unpaired) electrons. The fraction of sp³-hybridized carbons (Fsp3) is 0.391.